The van der Waals surface area contributed by atoms with E-state index in [0.29, 0.717) is 47.3 Å². The highest BCUT2D eigenvalue weighted by atomic mass is 35.5. The van der Waals surface area contributed by atoms with E-state index in [1.54, 1.807) is 18.1 Å². The zero-order valence-corrected chi connectivity index (χ0v) is 22.6. The first-order chi connectivity index (χ1) is 19.5. The van der Waals surface area contributed by atoms with Gasteiger partial charge in [0.1, 0.15) is 13.2 Å². The molecule has 1 amide bonds. The van der Waals surface area contributed by atoms with Gasteiger partial charge in [0.25, 0.3) is 5.56 Å². The first kappa shape index (κ1) is 25.6. The summed E-state index contributed by atoms with van der Waals surface area (Å²) in [5.41, 5.74) is 3.86. The number of amides is 1. The summed E-state index contributed by atoms with van der Waals surface area (Å²) in [4.78, 5) is 28.7. The Bertz CT molecular complexity index is 1790. The molecule has 0 fully saturated rings. The van der Waals surface area contributed by atoms with Crippen molar-refractivity contribution in [1.82, 2.24) is 14.7 Å². The number of halogens is 1. The standard InChI is InChI=1S/C32H26ClN3O4/c1-39-28-18-23(22-10-7-11-25(33)17-22)16-24-19-35(14-15-40-31(24)28)29(37)20-36-32(38)27-13-6-5-12-26(27)30(34-36)21-8-3-2-4-9-21/h2-13,16-18H,14-15,19-20H2,1H3. The van der Waals surface area contributed by atoms with Gasteiger partial charge in [0.05, 0.1) is 24.7 Å². The smallest absolute Gasteiger partial charge is 0.275 e. The minimum Gasteiger partial charge on any atom is -0.493 e. The quantitative estimate of drug-likeness (QED) is 0.275. The molecule has 0 bridgehead atoms. The fraction of sp³-hybridized carbons (Fsp3) is 0.156. The molecule has 40 heavy (non-hydrogen) atoms. The average molecular weight is 552 g/mol. The molecule has 7 nitrogen and oxygen atoms in total. The van der Waals surface area contributed by atoms with Crippen molar-refractivity contribution in [2.45, 2.75) is 13.1 Å². The Morgan fingerprint density at radius 3 is 2.45 bits per heavy atom. The van der Waals surface area contributed by atoms with Crippen molar-refractivity contribution >= 4 is 28.3 Å². The van der Waals surface area contributed by atoms with Crippen molar-refractivity contribution in [2.75, 3.05) is 20.3 Å². The summed E-state index contributed by atoms with van der Waals surface area (Å²) in [5.74, 6) is 0.963. The van der Waals surface area contributed by atoms with Gasteiger partial charge in [0.2, 0.25) is 5.91 Å². The minimum atomic E-state index is -0.306. The highest BCUT2D eigenvalue weighted by Crippen LogP contribution is 2.39. The van der Waals surface area contributed by atoms with Crippen molar-refractivity contribution < 1.29 is 14.3 Å². The van der Waals surface area contributed by atoms with E-state index in [0.717, 1.165) is 27.6 Å². The van der Waals surface area contributed by atoms with Crippen molar-refractivity contribution in [3.05, 3.63) is 112 Å². The second-order valence-electron chi connectivity index (χ2n) is 9.56. The number of benzene rings is 4. The molecule has 6 rings (SSSR count). The Morgan fingerprint density at radius 1 is 0.925 bits per heavy atom. The maximum atomic E-state index is 13.6. The average Bonchev–Trinajstić information content (AvgIpc) is 3.21. The van der Waals surface area contributed by atoms with Crippen LogP contribution in [0, 0.1) is 0 Å². The maximum absolute atomic E-state index is 13.6. The van der Waals surface area contributed by atoms with Gasteiger partial charge in [-0.25, -0.2) is 4.68 Å². The highest BCUT2D eigenvalue weighted by Gasteiger charge is 2.25. The van der Waals surface area contributed by atoms with Crippen LogP contribution in [-0.4, -0.2) is 40.8 Å². The lowest BCUT2D eigenvalue weighted by atomic mass is 10.0. The molecule has 0 N–H and O–H groups in total. The summed E-state index contributed by atoms with van der Waals surface area (Å²) in [7, 11) is 1.59. The van der Waals surface area contributed by atoms with Crippen LogP contribution < -0.4 is 15.0 Å². The van der Waals surface area contributed by atoms with E-state index in [1.807, 2.05) is 84.9 Å². The van der Waals surface area contributed by atoms with Gasteiger partial charge < -0.3 is 14.4 Å². The molecule has 200 valence electrons. The molecule has 1 aliphatic rings. The van der Waals surface area contributed by atoms with Gasteiger partial charge in [0.15, 0.2) is 11.5 Å². The Morgan fingerprint density at radius 2 is 1.68 bits per heavy atom. The highest BCUT2D eigenvalue weighted by molar-refractivity contribution is 6.30. The molecule has 0 atom stereocenters. The fourth-order valence-electron chi connectivity index (χ4n) is 5.06. The molecule has 2 heterocycles. The third-order valence-corrected chi connectivity index (χ3v) is 7.27. The molecule has 0 radical (unpaired) electrons. The number of fused-ring (bicyclic) bond motifs is 2. The van der Waals surface area contributed by atoms with Crippen LogP contribution in [0.5, 0.6) is 11.5 Å². The van der Waals surface area contributed by atoms with Gasteiger partial charge in [0, 0.05) is 28.1 Å². The van der Waals surface area contributed by atoms with Crippen LogP contribution >= 0.6 is 11.6 Å². The van der Waals surface area contributed by atoms with Crippen LogP contribution in [0.4, 0.5) is 0 Å². The van der Waals surface area contributed by atoms with Crippen molar-refractivity contribution in [3.63, 3.8) is 0 Å². The van der Waals surface area contributed by atoms with E-state index >= 15 is 0 Å². The van der Waals surface area contributed by atoms with Crippen LogP contribution in [0.1, 0.15) is 5.56 Å². The topological polar surface area (TPSA) is 73.7 Å². The number of hydrogen-bond donors (Lipinski definition) is 0. The van der Waals surface area contributed by atoms with Gasteiger partial charge in [-0.2, -0.15) is 5.10 Å². The second-order valence-corrected chi connectivity index (χ2v) is 10.0. The summed E-state index contributed by atoms with van der Waals surface area (Å²) >= 11 is 6.24. The number of carbonyl (C=O) groups is 1. The first-order valence-electron chi connectivity index (χ1n) is 12.9. The summed E-state index contributed by atoms with van der Waals surface area (Å²) in [6.07, 6.45) is 0. The fourth-order valence-corrected chi connectivity index (χ4v) is 5.25. The molecular weight excluding hydrogens is 526 g/mol. The summed E-state index contributed by atoms with van der Waals surface area (Å²) in [6, 6.07) is 28.5. The van der Waals surface area contributed by atoms with E-state index in [9.17, 15) is 9.59 Å². The van der Waals surface area contributed by atoms with E-state index < -0.39 is 0 Å². The van der Waals surface area contributed by atoms with Gasteiger partial charge in [-0.3, -0.25) is 9.59 Å². The van der Waals surface area contributed by atoms with Crippen LogP contribution in [0.3, 0.4) is 0 Å². The number of methoxy groups -OCH3 is 1. The second kappa shape index (κ2) is 10.9. The van der Waals surface area contributed by atoms with Crippen LogP contribution in [0.2, 0.25) is 5.02 Å². The molecule has 1 aromatic heterocycles. The molecular formula is C32H26ClN3O4. The lowest BCUT2D eigenvalue weighted by molar-refractivity contribution is -0.132. The minimum absolute atomic E-state index is 0.191. The summed E-state index contributed by atoms with van der Waals surface area (Å²) in [6.45, 7) is 0.759. The number of carbonyl (C=O) groups excluding carboxylic acids is 1. The Balaban J connectivity index is 1.35. The van der Waals surface area contributed by atoms with Crippen molar-refractivity contribution in [3.8, 4) is 33.9 Å². The van der Waals surface area contributed by atoms with Crippen LogP contribution in [0.25, 0.3) is 33.2 Å². The zero-order chi connectivity index (χ0) is 27.6. The van der Waals surface area contributed by atoms with Crippen LogP contribution in [0.15, 0.2) is 95.8 Å². The van der Waals surface area contributed by atoms with E-state index in [2.05, 4.69) is 5.10 Å². The summed E-state index contributed by atoms with van der Waals surface area (Å²) < 4.78 is 13.0. The number of hydrogen-bond acceptors (Lipinski definition) is 5. The van der Waals surface area contributed by atoms with Crippen molar-refractivity contribution in [2.24, 2.45) is 0 Å². The SMILES string of the molecule is COc1cc(-c2cccc(Cl)c2)cc2c1OCCN(C(=O)Cn1nc(-c3ccccc3)c3ccccc3c1=O)C2. The third kappa shape index (κ3) is 4.92. The van der Waals surface area contributed by atoms with Gasteiger partial charge in [-0.15, -0.1) is 0 Å². The third-order valence-electron chi connectivity index (χ3n) is 7.03. The lowest BCUT2D eigenvalue weighted by Gasteiger charge is -2.21. The Labute approximate surface area is 236 Å². The number of ether oxygens (including phenoxy) is 2. The lowest BCUT2D eigenvalue weighted by Crippen LogP contribution is -2.38. The molecule has 1 aliphatic heterocycles. The van der Waals surface area contributed by atoms with Crippen molar-refractivity contribution in [1.29, 1.82) is 0 Å². The number of aromatic nitrogens is 2. The molecule has 0 aliphatic carbocycles. The first-order valence-corrected chi connectivity index (χ1v) is 13.3. The maximum Gasteiger partial charge on any atom is 0.275 e. The summed E-state index contributed by atoms with van der Waals surface area (Å²) in [5, 5.41) is 6.55. The Kier molecular flexibility index (Phi) is 6.97. The predicted octanol–water partition coefficient (Wildman–Crippen LogP) is 5.81. The molecule has 0 saturated carbocycles. The normalized spacial score (nSPS) is 12.9. The number of rotatable bonds is 5. The monoisotopic (exact) mass is 551 g/mol. The van der Waals surface area contributed by atoms with Gasteiger partial charge in [-0.05, 0) is 41.5 Å². The predicted molar refractivity (Wildman–Crippen MR) is 156 cm³/mol. The number of nitrogens with zero attached hydrogens (tertiary/aromatic N) is 3. The zero-order valence-electron chi connectivity index (χ0n) is 21.8. The molecule has 8 heteroatoms. The van der Waals surface area contributed by atoms with E-state index in [1.165, 1.54) is 4.68 Å². The molecule has 4 aromatic carbocycles. The van der Waals surface area contributed by atoms with Crippen LogP contribution in [-0.2, 0) is 17.9 Å². The van der Waals surface area contributed by atoms with Gasteiger partial charge in [-0.1, -0.05) is 72.3 Å². The largest absolute Gasteiger partial charge is 0.493 e. The van der Waals surface area contributed by atoms with E-state index in [-0.39, 0.29) is 18.0 Å². The molecule has 5 aromatic rings. The Hall–Kier alpha value is -4.62. The molecule has 0 spiro atoms. The van der Waals surface area contributed by atoms with Gasteiger partial charge >= 0.3 is 0 Å². The molecule has 0 unspecified atom stereocenters. The van der Waals surface area contributed by atoms with E-state index in [4.69, 9.17) is 21.1 Å². The molecule has 0 saturated heterocycles.